The van der Waals surface area contributed by atoms with E-state index in [4.69, 9.17) is 10.7 Å². The molecule has 0 saturated carbocycles. The van der Waals surface area contributed by atoms with Crippen LogP contribution < -0.4 is 5.73 Å². The van der Waals surface area contributed by atoms with Gasteiger partial charge in [0.05, 0.1) is 5.69 Å². The second kappa shape index (κ2) is 9.20. The van der Waals surface area contributed by atoms with E-state index in [1.54, 1.807) is 6.21 Å². The SMILES string of the molecule is CC(C)(C)c1cc(C=Nc2ccccc2CCc2ccccc2N)c(O)c(C(C)(C)C)c1. The summed E-state index contributed by atoms with van der Waals surface area (Å²) in [5, 5.41) is 11.0. The van der Waals surface area contributed by atoms with Crippen LogP contribution in [0.4, 0.5) is 11.4 Å². The van der Waals surface area contributed by atoms with Crippen LogP contribution in [-0.4, -0.2) is 11.3 Å². The Bertz CT molecular complexity index is 1110. The third kappa shape index (κ3) is 5.59. The zero-order valence-corrected chi connectivity index (χ0v) is 20.2. The number of anilines is 1. The number of nitrogens with zero attached hydrogens (tertiary/aromatic N) is 1. The number of phenolic OH excluding ortho intramolecular Hbond substituents is 1. The lowest BCUT2D eigenvalue weighted by atomic mass is 9.79. The quantitative estimate of drug-likeness (QED) is 0.336. The molecule has 3 N–H and O–H groups in total. The molecule has 168 valence electrons. The van der Waals surface area contributed by atoms with Crippen molar-refractivity contribution < 1.29 is 5.11 Å². The first-order valence-corrected chi connectivity index (χ1v) is 11.3. The van der Waals surface area contributed by atoms with Gasteiger partial charge in [0.1, 0.15) is 5.75 Å². The number of phenols is 1. The molecule has 0 aromatic heterocycles. The molecule has 0 radical (unpaired) electrons. The molecule has 3 rings (SSSR count). The van der Waals surface area contributed by atoms with Gasteiger partial charge in [-0.25, -0.2) is 0 Å². The van der Waals surface area contributed by atoms with Crippen LogP contribution in [0.1, 0.15) is 69.4 Å². The molecule has 0 aliphatic heterocycles. The van der Waals surface area contributed by atoms with E-state index in [0.29, 0.717) is 5.75 Å². The van der Waals surface area contributed by atoms with Crippen molar-refractivity contribution in [2.75, 3.05) is 5.73 Å². The molecule has 0 spiro atoms. The standard InChI is InChI=1S/C29H36N2O/c1-28(2,3)23-17-22(27(32)24(18-23)29(4,5)6)19-31-26-14-10-8-12-21(26)16-15-20-11-7-9-13-25(20)30/h7-14,17-19,32H,15-16,30H2,1-6H3. The van der Waals surface area contributed by atoms with Gasteiger partial charge in [0.2, 0.25) is 0 Å². The van der Waals surface area contributed by atoms with Crippen molar-refractivity contribution >= 4 is 17.6 Å². The minimum Gasteiger partial charge on any atom is -0.507 e. The molecule has 0 aliphatic carbocycles. The first-order chi connectivity index (χ1) is 15.0. The van der Waals surface area contributed by atoms with E-state index < -0.39 is 0 Å². The number of benzene rings is 3. The maximum atomic E-state index is 11.0. The van der Waals surface area contributed by atoms with Crippen molar-refractivity contribution in [3.05, 3.63) is 88.5 Å². The molecule has 3 nitrogen and oxygen atoms in total. The summed E-state index contributed by atoms with van der Waals surface area (Å²) in [6.07, 6.45) is 3.51. The molecule has 3 aromatic carbocycles. The molecule has 0 atom stereocenters. The summed E-state index contributed by atoms with van der Waals surface area (Å²) in [6.45, 7) is 13.0. The largest absolute Gasteiger partial charge is 0.507 e. The minimum atomic E-state index is -0.165. The summed E-state index contributed by atoms with van der Waals surface area (Å²) >= 11 is 0. The number of aryl methyl sites for hydroxylation is 2. The highest BCUT2D eigenvalue weighted by Gasteiger charge is 2.24. The first kappa shape index (κ1) is 23.6. The van der Waals surface area contributed by atoms with Crippen molar-refractivity contribution in [1.82, 2.24) is 0 Å². The van der Waals surface area contributed by atoms with Crippen LogP contribution in [0.25, 0.3) is 0 Å². The van der Waals surface area contributed by atoms with E-state index >= 15 is 0 Å². The van der Waals surface area contributed by atoms with E-state index in [2.05, 4.69) is 65.8 Å². The zero-order valence-electron chi connectivity index (χ0n) is 20.2. The van der Waals surface area contributed by atoms with Gasteiger partial charge in [-0.3, -0.25) is 4.99 Å². The Morgan fingerprint density at radius 2 is 1.41 bits per heavy atom. The Kier molecular flexibility index (Phi) is 6.78. The van der Waals surface area contributed by atoms with Crippen LogP contribution >= 0.6 is 0 Å². The van der Waals surface area contributed by atoms with Crippen LogP contribution in [0.5, 0.6) is 5.75 Å². The monoisotopic (exact) mass is 428 g/mol. The Hall–Kier alpha value is -3.07. The topological polar surface area (TPSA) is 58.6 Å². The van der Waals surface area contributed by atoms with Crippen molar-refractivity contribution in [1.29, 1.82) is 0 Å². The Labute approximate surface area is 193 Å². The van der Waals surface area contributed by atoms with E-state index in [9.17, 15) is 5.11 Å². The minimum absolute atomic E-state index is 0.0240. The van der Waals surface area contributed by atoms with Crippen LogP contribution in [0.3, 0.4) is 0 Å². The zero-order chi connectivity index (χ0) is 23.5. The summed E-state index contributed by atoms with van der Waals surface area (Å²) in [5.41, 5.74) is 12.9. The molecule has 3 aromatic rings. The number of hydrogen-bond acceptors (Lipinski definition) is 3. The highest BCUT2D eigenvalue weighted by Crippen LogP contribution is 2.37. The summed E-state index contributed by atoms with van der Waals surface area (Å²) in [7, 11) is 0. The van der Waals surface area contributed by atoms with Crippen LogP contribution in [0.2, 0.25) is 0 Å². The second-order valence-electron chi connectivity index (χ2n) is 10.5. The number of aliphatic imine (C=N–C) groups is 1. The molecule has 0 amide bonds. The number of nitrogen functional groups attached to an aromatic ring is 1. The van der Waals surface area contributed by atoms with Gasteiger partial charge in [-0.2, -0.15) is 0 Å². The number of rotatable bonds is 5. The van der Waals surface area contributed by atoms with Crippen LogP contribution in [-0.2, 0) is 23.7 Å². The van der Waals surface area contributed by atoms with E-state index in [1.165, 1.54) is 5.56 Å². The van der Waals surface area contributed by atoms with Crippen molar-refractivity contribution in [3.8, 4) is 5.75 Å². The Morgan fingerprint density at radius 1 is 0.812 bits per heavy atom. The average Bonchev–Trinajstić information content (AvgIpc) is 2.71. The number of nitrogens with two attached hydrogens (primary N) is 1. The highest BCUT2D eigenvalue weighted by molar-refractivity contribution is 5.87. The fourth-order valence-electron chi connectivity index (χ4n) is 3.78. The molecule has 0 saturated heterocycles. The van der Waals surface area contributed by atoms with Crippen molar-refractivity contribution in [2.24, 2.45) is 4.99 Å². The van der Waals surface area contributed by atoms with Crippen molar-refractivity contribution in [3.63, 3.8) is 0 Å². The van der Waals surface area contributed by atoms with Gasteiger partial charge >= 0.3 is 0 Å². The molecule has 0 fully saturated rings. The van der Waals surface area contributed by atoms with Gasteiger partial charge < -0.3 is 10.8 Å². The molecule has 0 aliphatic rings. The summed E-state index contributed by atoms with van der Waals surface area (Å²) in [5.74, 6) is 0.309. The highest BCUT2D eigenvalue weighted by atomic mass is 16.3. The number of para-hydroxylation sites is 2. The Balaban J connectivity index is 1.95. The first-order valence-electron chi connectivity index (χ1n) is 11.3. The molecule has 3 heteroatoms. The number of hydrogen-bond donors (Lipinski definition) is 2. The third-order valence-electron chi connectivity index (χ3n) is 5.87. The average molecular weight is 429 g/mol. The second-order valence-corrected chi connectivity index (χ2v) is 10.5. The van der Waals surface area contributed by atoms with Gasteiger partial charge in [0, 0.05) is 23.0 Å². The summed E-state index contributed by atoms with van der Waals surface area (Å²) in [4.78, 5) is 4.80. The summed E-state index contributed by atoms with van der Waals surface area (Å²) in [6, 6.07) is 20.4. The lowest BCUT2D eigenvalue weighted by Crippen LogP contribution is -2.17. The summed E-state index contributed by atoms with van der Waals surface area (Å²) < 4.78 is 0. The van der Waals surface area contributed by atoms with E-state index in [-0.39, 0.29) is 10.8 Å². The van der Waals surface area contributed by atoms with Crippen LogP contribution in [0, 0.1) is 0 Å². The lowest BCUT2D eigenvalue weighted by molar-refractivity contribution is 0.444. The van der Waals surface area contributed by atoms with E-state index in [1.807, 2.05) is 36.4 Å². The molecule has 0 heterocycles. The van der Waals surface area contributed by atoms with E-state index in [0.717, 1.165) is 46.5 Å². The fourth-order valence-corrected chi connectivity index (χ4v) is 3.78. The van der Waals surface area contributed by atoms with Gasteiger partial charge in [-0.15, -0.1) is 0 Å². The maximum Gasteiger partial charge on any atom is 0.128 e. The van der Waals surface area contributed by atoms with Crippen LogP contribution in [0.15, 0.2) is 65.7 Å². The van der Waals surface area contributed by atoms with Gasteiger partial charge in [-0.05, 0) is 58.6 Å². The lowest BCUT2D eigenvalue weighted by Gasteiger charge is -2.27. The maximum absolute atomic E-state index is 11.0. The van der Waals surface area contributed by atoms with Gasteiger partial charge in [0.25, 0.3) is 0 Å². The molecule has 0 unspecified atom stereocenters. The smallest absolute Gasteiger partial charge is 0.128 e. The predicted octanol–water partition coefficient (Wildman–Crippen LogP) is 7.11. The molecule has 32 heavy (non-hydrogen) atoms. The molecular formula is C29H36N2O. The Morgan fingerprint density at radius 3 is 2.03 bits per heavy atom. The van der Waals surface area contributed by atoms with Crippen molar-refractivity contribution in [2.45, 2.75) is 65.2 Å². The normalized spacial score (nSPS) is 12.4. The fraction of sp³-hybridized carbons (Fsp3) is 0.345. The predicted molar refractivity (Wildman–Crippen MR) is 137 cm³/mol. The third-order valence-corrected chi connectivity index (χ3v) is 5.87. The van der Waals surface area contributed by atoms with Gasteiger partial charge in [-0.1, -0.05) is 84.0 Å². The van der Waals surface area contributed by atoms with Gasteiger partial charge in [0.15, 0.2) is 0 Å². The number of aromatic hydroxyl groups is 1. The molecule has 0 bridgehead atoms. The molecular weight excluding hydrogens is 392 g/mol.